The summed E-state index contributed by atoms with van der Waals surface area (Å²) >= 11 is 0. The minimum absolute atomic E-state index is 0. The highest BCUT2D eigenvalue weighted by molar-refractivity contribution is 14.0. The molecule has 0 spiro atoms. The zero-order valence-corrected chi connectivity index (χ0v) is 21.4. The van der Waals surface area contributed by atoms with Gasteiger partial charge in [-0.1, -0.05) is 18.9 Å². The summed E-state index contributed by atoms with van der Waals surface area (Å²) in [5, 5.41) is 6.63. The number of aliphatic imine (C=N–C) groups is 1. The van der Waals surface area contributed by atoms with Gasteiger partial charge in [0.05, 0.1) is 18.1 Å². The van der Waals surface area contributed by atoms with Crippen LogP contribution in [0, 0.1) is 17.2 Å². The van der Waals surface area contributed by atoms with Crippen molar-refractivity contribution in [1.29, 1.82) is 0 Å². The molecule has 0 aliphatic heterocycles. The van der Waals surface area contributed by atoms with Crippen molar-refractivity contribution < 1.29 is 13.9 Å². The maximum Gasteiger partial charge on any atom is 0.230 e. The number of halogens is 2. The van der Waals surface area contributed by atoms with Gasteiger partial charge >= 0.3 is 0 Å². The lowest BCUT2D eigenvalue weighted by molar-refractivity contribution is -0.138. The Labute approximate surface area is 202 Å². The van der Waals surface area contributed by atoms with Crippen molar-refractivity contribution in [3.63, 3.8) is 0 Å². The normalized spacial score (nSPS) is 18.7. The van der Waals surface area contributed by atoms with Gasteiger partial charge in [-0.05, 0) is 56.2 Å². The molecule has 1 amide bonds. The van der Waals surface area contributed by atoms with Crippen LogP contribution in [-0.2, 0) is 4.79 Å². The number of benzene rings is 1. The molecule has 31 heavy (non-hydrogen) atoms. The molecule has 2 aliphatic rings. The van der Waals surface area contributed by atoms with Gasteiger partial charge in [-0.15, -0.1) is 24.0 Å². The van der Waals surface area contributed by atoms with E-state index in [0.29, 0.717) is 30.8 Å². The molecular weight excluding hydrogens is 510 g/mol. The minimum atomic E-state index is -0.378. The SMILES string of the molecule is CN=C(NCC1(C(=O)N(C)C)CCCC1)NC(C)c1ccc(OCC2CC2)c(F)c1.I. The summed E-state index contributed by atoms with van der Waals surface area (Å²) < 4.78 is 20.0. The van der Waals surface area contributed by atoms with E-state index in [2.05, 4.69) is 15.6 Å². The van der Waals surface area contributed by atoms with E-state index in [0.717, 1.165) is 31.2 Å². The van der Waals surface area contributed by atoms with Crippen LogP contribution in [0.15, 0.2) is 23.2 Å². The Morgan fingerprint density at radius 2 is 2.00 bits per heavy atom. The fourth-order valence-corrected chi connectivity index (χ4v) is 4.12. The number of hydrogen-bond donors (Lipinski definition) is 2. The van der Waals surface area contributed by atoms with Crippen molar-refractivity contribution in [2.45, 2.75) is 51.5 Å². The molecule has 0 saturated heterocycles. The maximum absolute atomic E-state index is 14.4. The van der Waals surface area contributed by atoms with Gasteiger partial charge in [0, 0.05) is 27.7 Å². The van der Waals surface area contributed by atoms with E-state index in [1.165, 1.54) is 18.9 Å². The van der Waals surface area contributed by atoms with Crippen LogP contribution in [0.3, 0.4) is 0 Å². The van der Waals surface area contributed by atoms with Crippen molar-refractivity contribution in [1.82, 2.24) is 15.5 Å². The summed E-state index contributed by atoms with van der Waals surface area (Å²) in [6.07, 6.45) is 6.26. The average Bonchev–Trinajstić information content (AvgIpc) is 3.44. The summed E-state index contributed by atoms with van der Waals surface area (Å²) in [4.78, 5) is 18.7. The topological polar surface area (TPSA) is 66.0 Å². The van der Waals surface area contributed by atoms with Crippen LogP contribution in [0.5, 0.6) is 5.75 Å². The Morgan fingerprint density at radius 3 is 2.55 bits per heavy atom. The highest BCUT2D eigenvalue weighted by Gasteiger charge is 2.42. The average molecular weight is 546 g/mol. The number of rotatable bonds is 8. The number of hydrogen-bond acceptors (Lipinski definition) is 3. The van der Waals surface area contributed by atoms with E-state index in [1.807, 2.05) is 27.1 Å². The quantitative estimate of drug-likeness (QED) is 0.293. The molecule has 2 aliphatic carbocycles. The van der Waals surface area contributed by atoms with Crippen LogP contribution in [0.1, 0.15) is 57.1 Å². The first-order valence-corrected chi connectivity index (χ1v) is 11.0. The molecule has 174 valence electrons. The number of ether oxygens (including phenoxy) is 1. The first-order chi connectivity index (χ1) is 14.3. The molecule has 1 atom stereocenters. The fraction of sp³-hybridized carbons (Fsp3) is 0.652. The molecule has 2 fully saturated rings. The molecule has 0 bridgehead atoms. The molecule has 0 heterocycles. The van der Waals surface area contributed by atoms with Gasteiger partial charge in [0.2, 0.25) is 5.91 Å². The van der Waals surface area contributed by atoms with Crippen LogP contribution in [0.25, 0.3) is 0 Å². The van der Waals surface area contributed by atoms with E-state index < -0.39 is 0 Å². The third-order valence-electron chi connectivity index (χ3n) is 6.22. The Morgan fingerprint density at radius 1 is 1.32 bits per heavy atom. The van der Waals surface area contributed by atoms with E-state index in [9.17, 15) is 9.18 Å². The molecule has 8 heteroatoms. The van der Waals surface area contributed by atoms with Crippen LogP contribution in [0.4, 0.5) is 4.39 Å². The number of guanidine groups is 1. The molecule has 3 rings (SSSR count). The summed E-state index contributed by atoms with van der Waals surface area (Å²) in [5.41, 5.74) is 0.436. The zero-order valence-electron chi connectivity index (χ0n) is 19.0. The van der Waals surface area contributed by atoms with E-state index in [-0.39, 0.29) is 47.2 Å². The van der Waals surface area contributed by atoms with E-state index >= 15 is 0 Å². The Bertz CT molecular complexity index is 777. The first-order valence-electron chi connectivity index (χ1n) is 11.0. The Balaban J connectivity index is 0.00000341. The Hall–Kier alpha value is -1.58. The van der Waals surface area contributed by atoms with Gasteiger partial charge in [0.25, 0.3) is 0 Å². The number of nitrogens with one attached hydrogen (secondary N) is 2. The minimum Gasteiger partial charge on any atom is -0.490 e. The first kappa shape index (κ1) is 25.7. The smallest absolute Gasteiger partial charge is 0.230 e. The number of amides is 1. The van der Waals surface area contributed by atoms with Crippen LogP contribution >= 0.6 is 24.0 Å². The predicted molar refractivity (Wildman–Crippen MR) is 133 cm³/mol. The highest BCUT2D eigenvalue weighted by atomic mass is 127. The van der Waals surface area contributed by atoms with Crippen LogP contribution in [-0.4, -0.2) is 51.1 Å². The summed E-state index contributed by atoms with van der Waals surface area (Å²) in [7, 11) is 5.32. The highest BCUT2D eigenvalue weighted by Crippen LogP contribution is 2.39. The third kappa shape index (κ3) is 6.70. The predicted octanol–water partition coefficient (Wildman–Crippen LogP) is 4.11. The molecule has 2 N–H and O–H groups in total. The lowest BCUT2D eigenvalue weighted by Crippen LogP contribution is -2.49. The molecule has 6 nitrogen and oxygen atoms in total. The van der Waals surface area contributed by atoms with Crippen LogP contribution in [0.2, 0.25) is 0 Å². The second-order valence-corrected chi connectivity index (χ2v) is 8.92. The van der Waals surface area contributed by atoms with Crippen molar-refractivity contribution in [2.75, 3.05) is 34.3 Å². The third-order valence-corrected chi connectivity index (χ3v) is 6.22. The number of carbonyl (C=O) groups excluding carboxylic acids is 1. The molecule has 0 aromatic heterocycles. The van der Waals surface area contributed by atoms with Gasteiger partial charge in [-0.25, -0.2) is 4.39 Å². The largest absolute Gasteiger partial charge is 0.490 e. The fourth-order valence-electron chi connectivity index (χ4n) is 4.12. The number of carbonyl (C=O) groups is 1. The second kappa shape index (κ2) is 11.3. The zero-order chi connectivity index (χ0) is 21.7. The van der Waals surface area contributed by atoms with Crippen molar-refractivity contribution in [2.24, 2.45) is 16.3 Å². The van der Waals surface area contributed by atoms with Gasteiger partial charge in [-0.3, -0.25) is 9.79 Å². The number of nitrogens with zero attached hydrogens (tertiary/aromatic N) is 2. The molecular formula is C23H36FIN4O2. The molecule has 2 saturated carbocycles. The second-order valence-electron chi connectivity index (χ2n) is 8.92. The van der Waals surface area contributed by atoms with Gasteiger partial charge in [0.1, 0.15) is 0 Å². The van der Waals surface area contributed by atoms with Gasteiger partial charge in [0.15, 0.2) is 17.5 Å². The molecule has 1 aromatic rings. The molecule has 1 aromatic carbocycles. The lowest BCUT2D eigenvalue weighted by atomic mass is 9.84. The van der Waals surface area contributed by atoms with Crippen LogP contribution < -0.4 is 15.4 Å². The summed E-state index contributed by atoms with van der Waals surface area (Å²) in [6, 6.07) is 4.95. The monoisotopic (exact) mass is 546 g/mol. The standard InChI is InChI=1S/C23H35FN4O2.HI/c1-16(18-9-10-20(19(24)13-18)30-14-17-7-8-17)27-22(25-2)26-15-23(11-5-6-12-23)21(29)28(3)4;/h9-10,13,16-17H,5-8,11-12,14-15H2,1-4H3,(H2,25,26,27);1H. The summed E-state index contributed by atoms with van der Waals surface area (Å²) in [6.45, 7) is 3.09. The van der Waals surface area contributed by atoms with Gasteiger partial charge < -0.3 is 20.3 Å². The summed E-state index contributed by atoms with van der Waals surface area (Å²) in [5.74, 6) is 1.33. The van der Waals surface area contributed by atoms with Gasteiger partial charge in [-0.2, -0.15) is 0 Å². The molecule has 0 radical (unpaired) electrons. The van der Waals surface area contributed by atoms with Crippen molar-refractivity contribution in [3.05, 3.63) is 29.6 Å². The lowest BCUT2D eigenvalue weighted by Gasteiger charge is -2.31. The maximum atomic E-state index is 14.4. The Kier molecular flexibility index (Phi) is 9.39. The van der Waals surface area contributed by atoms with Crippen molar-refractivity contribution in [3.8, 4) is 5.75 Å². The van der Waals surface area contributed by atoms with Crippen molar-refractivity contribution >= 4 is 35.8 Å². The van der Waals surface area contributed by atoms with E-state index in [1.54, 1.807) is 18.0 Å². The molecule has 1 unspecified atom stereocenters. The van der Waals surface area contributed by atoms with E-state index in [4.69, 9.17) is 4.74 Å².